The first kappa shape index (κ1) is 23.9. The second-order valence-corrected chi connectivity index (χ2v) is 9.57. The highest BCUT2D eigenvalue weighted by Gasteiger charge is 2.35. The van der Waals surface area contributed by atoms with Gasteiger partial charge in [0.2, 0.25) is 11.8 Å². The van der Waals surface area contributed by atoms with Gasteiger partial charge < -0.3 is 19.8 Å². The molecular weight excluding hydrogens is 434 g/mol. The van der Waals surface area contributed by atoms with Gasteiger partial charge in [0, 0.05) is 45.7 Å². The van der Waals surface area contributed by atoms with Crippen molar-refractivity contribution >= 4 is 17.6 Å². The van der Waals surface area contributed by atoms with Crippen molar-refractivity contribution in [3.63, 3.8) is 0 Å². The standard InChI is InChI=1S/C25H33N5O4/c1-19(20-6-4-3-5-7-20)14-22(31)28-10-8-25(34,9-11-28)17-30-18-26-21(15-23(30)32)29-13-12-27(2)24(33)16-29/h3-7,15,18-19,34H,8-14,16-17H2,1-2H3/t19-/m1/s1. The Balaban J connectivity index is 1.32. The van der Waals surface area contributed by atoms with E-state index in [1.54, 1.807) is 16.8 Å². The SMILES string of the molecule is C[C@H](CC(=O)N1CCC(O)(Cn2cnc(N3CCN(C)C(=O)C3)cc2=O)CC1)c1ccccc1. The van der Waals surface area contributed by atoms with E-state index in [2.05, 4.69) is 11.9 Å². The van der Waals surface area contributed by atoms with E-state index in [0.29, 0.717) is 51.3 Å². The second-order valence-electron chi connectivity index (χ2n) is 9.57. The molecule has 0 unspecified atom stereocenters. The second kappa shape index (κ2) is 9.97. The zero-order valence-corrected chi connectivity index (χ0v) is 19.9. The van der Waals surface area contributed by atoms with Gasteiger partial charge in [0.25, 0.3) is 5.56 Å². The van der Waals surface area contributed by atoms with Crippen LogP contribution in [0.2, 0.25) is 0 Å². The van der Waals surface area contributed by atoms with E-state index < -0.39 is 5.60 Å². The molecule has 0 spiro atoms. The molecule has 2 amide bonds. The van der Waals surface area contributed by atoms with Crippen LogP contribution in [0.3, 0.4) is 0 Å². The Kier molecular flexibility index (Phi) is 7.02. The number of likely N-dealkylation sites (tertiary alicyclic amines) is 1. The number of anilines is 1. The van der Waals surface area contributed by atoms with Crippen LogP contribution >= 0.6 is 0 Å². The molecule has 1 atom stereocenters. The lowest BCUT2D eigenvalue weighted by atomic mass is 9.90. The number of hydrogen-bond acceptors (Lipinski definition) is 6. The van der Waals surface area contributed by atoms with Crippen molar-refractivity contribution < 1.29 is 14.7 Å². The van der Waals surface area contributed by atoms with E-state index in [-0.39, 0.29) is 36.4 Å². The molecule has 4 rings (SSSR count). The number of rotatable bonds is 6. The zero-order valence-electron chi connectivity index (χ0n) is 19.9. The molecule has 0 bridgehead atoms. The summed E-state index contributed by atoms with van der Waals surface area (Å²) in [5.41, 5.74) is -0.195. The Morgan fingerprint density at radius 1 is 1.12 bits per heavy atom. The zero-order chi connectivity index (χ0) is 24.3. The topological polar surface area (TPSA) is 99.0 Å². The predicted octanol–water partition coefficient (Wildman–Crippen LogP) is 1.07. The molecule has 2 aliphatic rings. The smallest absolute Gasteiger partial charge is 0.255 e. The molecule has 9 nitrogen and oxygen atoms in total. The van der Waals surface area contributed by atoms with Crippen molar-refractivity contribution in [1.29, 1.82) is 0 Å². The lowest BCUT2D eigenvalue weighted by Crippen LogP contribution is -2.50. The van der Waals surface area contributed by atoms with Crippen LogP contribution < -0.4 is 10.5 Å². The fourth-order valence-corrected chi connectivity index (χ4v) is 4.60. The third-order valence-corrected chi connectivity index (χ3v) is 7.01. The van der Waals surface area contributed by atoms with E-state index in [4.69, 9.17) is 0 Å². The summed E-state index contributed by atoms with van der Waals surface area (Å²) in [6.07, 6.45) is 2.68. The van der Waals surface area contributed by atoms with Crippen LogP contribution in [0.25, 0.3) is 0 Å². The van der Waals surface area contributed by atoms with E-state index >= 15 is 0 Å². The van der Waals surface area contributed by atoms with Crippen molar-refractivity contribution in [2.75, 3.05) is 44.7 Å². The first-order chi connectivity index (χ1) is 16.2. The molecule has 1 N–H and O–H groups in total. The average molecular weight is 468 g/mol. The predicted molar refractivity (Wildman–Crippen MR) is 129 cm³/mol. The third-order valence-electron chi connectivity index (χ3n) is 7.01. The van der Waals surface area contributed by atoms with Crippen LogP contribution in [0, 0.1) is 0 Å². The molecule has 9 heteroatoms. The maximum atomic E-state index is 12.8. The molecule has 2 aliphatic heterocycles. The van der Waals surface area contributed by atoms with E-state index in [1.165, 1.54) is 17.0 Å². The Morgan fingerprint density at radius 2 is 1.82 bits per heavy atom. The summed E-state index contributed by atoms with van der Waals surface area (Å²) in [6.45, 7) is 4.50. The highest BCUT2D eigenvalue weighted by atomic mass is 16.3. The number of benzene rings is 1. The monoisotopic (exact) mass is 467 g/mol. The molecule has 2 fully saturated rings. The Morgan fingerprint density at radius 3 is 2.47 bits per heavy atom. The van der Waals surface area contributed by atoms with Gasteiger partial charge >= 0.3 is 0 Å². The number of aliphatic hydroxyl groups is 1. The number of piperidine rings is 1. The summed E-state index contributed by atoms with van der Waals surface area (Å²) in [5, 5.41) is 11.1. The molecule has 1 aromatic carbocycles. The van der Waals surface area contributed by atoms with E-state index in [9.17, 15) is 19.5 Å². The van der Waals surface area contributed by atoms with Crippen molar-refractivity contribution in [2.45, 2.75) is 44.2 Å². The fourth-order valence-electron chi connectivity index (χ4n) is 4.60. The molecule has 2 aromatic rings. The molecule has 1 aromatic heterocycles. The Labute approximate surface area is 199 Å². The van der Waals surface area contributed by atoms with Gasteiger partial charge in [-0.25, -0.2) is 4.98 Å². The number of carbonyl (C=O) groups excluding carboxylic acids is 2. The maximum absolute atomic E-state index is 12.8. The summed E-state index contributed by atoms with van der Waals surface area (Å²) >= 11 is 0. The number of nitrogens with zero attached hydrogens (tertiary/aromatic N) is 5. The first-order valence-electron chi connectivity index (χ1n) is 11.8. The Hall–Kier alpha value is -3.20. The molecule has 0 saturated carbocycles. The van der Waals surface area contributed by atoms with Crippen LogP contribution in [-0.4, -0.2) is 81.6 Å². The highest BCUT2D eigenvalue weighted by molar-refractivity contribution is 5.82. The van der Waals surface area contributed by atoms with Gasteiger partial charge in [-0.05, 0) is 24.3 Å². The summed E-state index contributed by atoms with van der Waals surface area (Å²) in [5.74, 6) is 0.685. The van der Waals surface area contributed by atoms with Crippen LogP contribution in [-0.2, 0) is 16.1 Å². The van der Waals surface area contributed by atoms with Gasteiger partial charge in [-0.3, -0.25) is 19.0 Å². The minimum Gasteiger partial charge on any atom is -0.388 e. The molecule has 0 radical (unpaired) electrons. The number of hydrogen-bond donors (Lipinski definition) is 1. The van der Waals surface area contributed by atoms with Crippen LogP contribution in [0.15, 0.2) is 47.5 Å². The summed E-state index contributed by atoms with van der Waals surface area (Å²) in [4.78, 5) is 47.1. The largest absolute Gasteiger partial charge is 0.388 e. The van der Waals surface area contributed by atoms with Gasteiger partial charge in [-0.1, -0.05) is 37.3 Å². The van der Waals surface area contributed by atoms with Crippen molar-refractivity contribution in [2.24, 2.45) is 0 Å². The molecule has 2 saturated heterocycles. The van der Waals surface area contributed by atoms with Gasteiger partial charge in [-0.15, -0.1) is 0 Å². The molecule has 34 heavy (non-hydrogen) atoms. The van der Waals surface area contributed by atoms with Gasteiger partial charge in [-0.2, -0.15) is 0 Å². The minimum atomic E-state index is -1.07. The summed E-state index contributed by atoms with van der Waals surface area (Å²) < 4.78 is 1.41. The Bertz CT molecular complexity index is 1080. The van der Waals surface area contributed by atoms with Gasteiger partial charge in [0.15, 0.2) is 0 Å². The number of aromatic nitrogens is 2. The summed E-state index contributed by atoms with van der Waals surface area (Å²) in [6, 6.07) is 11.4. The van der Waals surface area contributed by atoms with Crippen molar-refractivity contribution in [3.05, 3.63) is 58.6 Å². The third kappa shape index (κ3) is 5.47. The maximum Gasteiger partial charge on any atom is 0.255 e. The normalized spacial score (nSPS) is 19.3. The minimum absolute atomic E-state index is 0.00833. The quantitative estimate of drug-likeness (QED) is 0.682. The highest BCUT2D eigenvalue weighted by Crippen LogP contribution is 2.26. The number of carbonyl (C=O) groups is 2. The molecule has 3 heterocycles. The van der Waals surface area contributed by atoms with E-state index in [0.717, 1.165) is 5.56 Å². The molecular formula is C25H33N5O4. The number of piperazine rings is 1. The fraction of sp³-hybridized carbons (Fsp3) is 0.520. The lowest BCUT2D eigenvalue weighted by molar-refractivity contribution is -0.136. The van der Waals surface area contributed by atoms with Crippen molar-refractivity contribution in [1.82, 2.24) is 19.4 Å². The van der Waals surface area contributed by atoms with E-state index in [1.807, 2.05) is 35.2 Å². The molecule has 0 aliphatic carbocycles. The molecule has 182 valence electrons. The van der Waals surface area contributed by atoms with Crippen LogP contribution in [0.4, 0.5) is 5.82 Å². The first-order valence-corrected chi connectivity index (χ1v) is 11.8. The van der Waals surface area contributed by atoms with Crippen LogP contribution in [0.1, 0.15) is 37.7 Å². The van der Waals surface area contributed by atoms with Crippen LogP contribution in [0.5, 0.6) is 0 Å². The number of amides is 2. The number of likely N-dealkylation sites (N-methyl/N-ethyl adjacent to an activating group) is 1. The van der Waals surface area contributed by atoms with Gasteiger partial charge in [0.1, 0.15) is 5.82 Å². The average Bonchev–Trinajstić information content (AvgIpc) is 2.83. The van der Waals surface area contributed by atoms with Gasteiger partial charge in [0.05, 0.1) is 25.0 Å². The summed E-state index contributed by atoms with van der Waals surface area (Å²) in [7, 11) is 1.76. The van der Waals surface area contributed by atoms with Crippen molar-refractivity contribution in [3.8, 4) is 0 Å². The lowest BCUT2D eigenvalue weighted by Gasteiger charge is -2.38.